The summed E-state index contributed by atoms with van der Waals surface area (Å²) in [6, 6.07) is 8.36. The Labute approximate surface area is 132 Å². The molecule has 0 bridgehead atoms. The molecule has 2 rings (SSSR count). The predicted octanol–water partition coefficient (Wildman–Crippen LogP) is 3.83. The molecule has 116 valence electrons. The molecule has 1 fully saturated rings. The number of amides is 1. The Kier molecular flexibility index (Phi) is 6.58. The Balaban J connectivity index is 2.14. The van der Waals surface area contributed by atoms with Gasteiger partial charge in [-0.25, -0.2) is 0 Å². The maximum absolute atomic E-state index is 12.9. The molecule has 1 atom stereocenters. The van der Waals surface area contributed by atoms with E-state index in [9.17, 15) is 4.79 Å². The Morgan fingerprint density at radius 3 is 2.95 bits per heavy atom. The van der Waals surface area contributed by atoms with Gasteiger partial charge in [-0.05, 0) is 37.8 Å². The molecule has 3 nitrogen and oxygen atoms in total. The molecule has 1 unspecified atom stereocenters. The maximum Gasteiger partial charge on any atom is 0.255 e. The summed E-state index contributed by atoms with van der Waals surface area (Å²) in [7, 11) is 1.71. The number of piperidine rings is 1. The van der Waals surface area contributed by atoms with E-state index in [4.69, 9.17) is 4.74 Å². The third kappa shape index (κ3) is 4.24. The highest BCUT2D eigenvalue weighted by Crippen LogP contribution is 2.27. The molecule has 1 amide bonds. The van der Waals surface area contributed by atoms with Crippen LogP contribution in [0, 0.1) is 0 Å². The van der Waals surface area contributed by atoms with Crippen LogP contribution < -0.4 is 0 Å². The Bertz CT molecular complexity index is 464. The summed E-state index contributed by atoms with van der Waals surface area (Å²) in [4.78, 5) is 16.1. The number of methoxy groups -OCH3 is 1. The first-order valence-electron chi connectivity index (χ1n) is 7.79. The molecule has 0 radical (unpaired) electrons. The van der Waals surface area contributed by atoms with Crippen molar-refractivity contribution in [2.75, 3.05) is 26.0 Å². The molecule has 1 aliphatic rings. The predicted molar refractivity (Wildman–Crippen MR) is 88.0 cm³/mol. The van der Waals surface area contributed by atoms with Gasteiger partial charge >= 0.3 is 0 Å². The minimum atomic E-state index is 0.196. The zero-order valence-electron chi connectivity index (χ0n) is 13.0. The van der Waals surface area contributed by atoms with Crippen molar-refractivity contribution in [3.8, 4) is 0 Å². The molecule has 0 N–H and O–H groups in total. The highest BCUT2D eigenvalue weighted by molar-refractivity contribution is 7.99. The van der Waals surface area contributed by atoms with Crippen LogP contribution >= 0.6 is 11.8 Å². The quantitative estimate of drug-likeness (QED) is 0.591. The minimum absolute atomic E-state index is 0.196. The van der Waals surface area contributed by atoms with Gasteiger partial charge in [0.05, 0.1) is 12.2 Å². The van der Waals surface area contributed by atoms with E-state index in [2.05, 4.69) is 11.8 Å². The van der Waals surface area contributed by atoms with Crippen molar-refractivity contribution in [1.29, 1.82) is 0 Å². The second-order valence-corrected chi connectivity index (χ2v) is 6.53. The van der Waals surface area contributed by atoms with Crippen LogP contribution in [-0.2, 0) is 4.74 Å². The zero-order chi connectivity index (χ0) is 15.1. The fourth-order valence-corrected chi connectivity index (χ4v) is 3.81. The van der Waals surface area contributed by atoms with Gasteiger partial charge in [0.15, 0.2) is 0 Å². The van der Waals surface area contributed by atoms with Gasteiger partial charge in [-0.15, -0.1) is 11.8 Å². The maximum atomic E-state index is 12.9. The summed E-state index contributed by atoms with van der Waals surface area (Å²) in [5.74, 6) is 1.07. The van der Waals surface area contributed by atoms with Crippen molar-refractivity contribution in [3.05, 3.63) is 29.8 Å². The number of hydrogen-bond donors (Lipinski definition) is 0. The number of ether oxygens (including phenoxy) is 1. The van der Waals surface area contributed by atoms with Crippen molar-refractivity contribution in [2.45, 2.75) is 43.5 Å². The third-order valence-electron chi connectivity index (χ3n) is 4.02. The lowest BCUT2D eigenvalue weighted by atomic mass is 9.99. The molecular formula is C17H25NO2S. The summed E-state index contributed by atoms with van der Waals surface area (Å²) in [5, 5.41) is 0. The van der Waals surface area contributed by atoms with Crippen molar-refractivity contribution < 1.29 is 9.53 Å². The van der Waals surface area contributed by atoms with E-state index in [0.717, 1.165) is 42.0 Å². The van der Waals surface area contributed by atoms with E-state index < -0.39 is 0 Å². The molecule has 0 aliphatic carbocycles. The standard InChI is InChI=1S/C17H25NO2S/c1-3-14-8-6-7-11-18(14)17(19)15-9-4-5-10-16(15)21-13-12-20-2/h4-5,9-10,14H,3,6-8,11-13H2,1-2H3. The molecule has 1 saturated heterocycles. The van der Waals surface area contributed by atoms with Crippen LogP contribution in [0.3, 0.4) is 0 Å². The largest absolute Gasteiger partial charge is 0.384 e. The molecule has 1 aromatic carbocycles. The number of nitrogens with zero attached hydrogens (tertiary/aromatic N) is 1. The van der Waals surface area contributed by atoms with Crippen LogP contribution in [0.4, 0.5) is 0 Å². The fourth-order valence-electron chi connectivity index (χ4n) is 2.85. The van der Waals surface area contributed by atoms with E-state index in [1.807, 2.05) is 24.3 Å². The summed E-state index contributed by atoms with van der Waals surface area (Å²) >= 11 is 1.70. The molecule has 0 aromatic heterocycles. The number of rotatable bonds is 6. The van der Waals surface area contributed by atoms with Crippen LogP contribution in [0.25, 0.3) is 0 Å². The Morgan fingerprint density at radius 1 is 1.38 bits per heavy atom. The summed E-state index contributed by atoms with van der Waals surface area (Å²) in [5.41, 5.74) is 0.846. The van der Waals surface area contributed by atoms with E-state index in [1.165, 1.54) is 6.42 Å². The molecule has 1 aliphatic heterocycles. The van der Waals surface area contributed by atoms with Crippen molar-refractivity contribution in [1.82, 2.24) is 4.90 Å². The highest BCUT2D eigenvalue weighted by atomic mass is 32.2. The number of hydrogen-bond acceptors (Lipinski definition) is 3. The fraction of sp³-hybridized carbons (Fsp3) is 0.588. The van der Waals surface area contributed by atoms with Gasteiger partial charge in [-0.3, -0.25) is 4.79 Å². The van der Waals surface area contributed by atoms with Gasteiger partial charge < -0.3 is 9.64 Å². The number of benzene rings is 1. The van der Waals surface area contributed by atoms with Crippen molar-refractivity contribution in [3.63, 3.8) is 0 Å². The van der Waals surface area contributed by atoms with E-state index in [-0.39, 0.29) is 5.91 Å². The molecule has 1 aromatic rings. The van der Waals surface area contributed by atoms with Crippen LogP contribution in [0.15, 0.2) is 29.2 Å². The normalized spacial score (nSPS) is 18.8. The van der Waals surface area contributed by atoms with Crippen LogP contribution in [0.2, 0.25) is 0 Å². The Hall–Kier alpha value is -1.00. The van der Waals surface area contributed by atoms with Crippen molar-refractivity contribution in [2.24, 2.45) is 0 Å². The summed E-state index contributed by atoms with van der Waals surface area (Å²) in [6.07, 6.45) is 4.56. The summed E-state index contributed by atoms with van der Waals surface area (Å²) in [6.45, 7) is 3.78. The van der Waals surface area contributed by atoms with Gasteiger partial charge in [0, 0.05) is 30.3 Å². The first kappa shape index (κ1) is 16.4. The smallest absolute Gasteiger partial charge is 0.255 e. The monoisotopic (exact) mass is 307 g/mol. The van der Waals surface area contributed by atoms with Gasteiger partial charge in [0.1, 0.15) is 0 Å². The Morgan fingerprint density at radius 2 is 2.19 bits per heavy atom. The molecule has 1 heterocycles. The lowest BCUT2D eigenvalue weighted by molar-refractivity contribution is 0.0604. The topological polar surface area (TPSA) is 29.5 Å². The first-order valence-corrected chi connectivity index (χ1v) is 8.78. The van der Waals surface area contributed by atoms with Crippen LogP contribution in [-0.4, -0.2) is 42.9 Å². The minimum Gasteiger partial charge on any atom is -0.384 e. The molecule has 0 saturated carbocycles. The van der Waals surface area contributed by atoms with Crippen molar-refractivity contribution >= 4 is 17.7 Å². The second-order valence-electron chi connectivity index (χ2n) is 5.39. The average Bonchev–Trinajstić information content (AvgIpc) is 2.55. The second kappa shape index (κ2) is 8.44. The summed E-state index contributed by atoms with van der Waals surface area (Å²) < 4.78 is 5.10. The number of thioether (sulfide) groups is 1. The SMILES string of the molecule is CCC1CCCCN1C(=O)c1ccccc1SCCOC. The molecule has 0 spiro atoms. The van der Waals surface area contributed by atoms with Crippen LogP contribution in [0.1, 0.15) is 43.0 Å². The van der Waals surface area contributed by atoms with Gasteiger partial charge in [0.25, 0.3) is 5.91 Å². The van der Waals surface area contributed by atoms with E-state index in [1.54, 1.807) is 18.9 Å². The molecule has 4 heteroatoms. The average molecular weight is 307 g/mol. The lowest BCUT2D eigenvalue weighted by Gasteiger charge is -2.35. The van der Waals surface area contributed by atoms with E-state index in [0.29, 0.717) is 12.6 Å². The molecule has 21 heavy (non-hydrogen) atoms. The zero-order valence-corrected chi connectivity index (χ0v) is 13.8. The van der Waals surface area contributed by atoms with Gasteiger partial charge in [-0.2, -0.15) is 0 Å². The first-order chi connectivity index (χ1) is 10.3. The third-order valence-corrected chi connectivity index (χ3v) is 5.06. The molecular weight excluding hydrogens is 282 g/mol. The van der Waals surface area contributed by atoms with E-state index >= 15 is 0 Å². The van der Waals surface area contributed by atoms with Crippen LogP contribution in [0.5, 0.6) is 0 Å². The van der Waals surface area contributed by atoms with Gasteiger partial charge in [0.2, 0.25) is 0 Å². The number of likely N-dealkylation sites (tertiary alicyclic amines) is 1. The number of carbonyl (C=O) groups is 1. The lowest BCUT2D eigenvalue weighted by Crippen LogP contribution is -2.43. The number of carbonyl (C=O) groups excluding carboxylic acids is 1. The van der Waals surface area contributed by atoms with Gasteiger partial charge in [-0.1, -0.05) is 19.1 Å². The highest BCUT2D eigenvalue weighted by Gasteiger charge is 2.27.